The number of carbonyl (C=O) groups excluding carboxylic acids is 1. The van der Waals surface area contributed by atoms with Crippen molar-refractivity contribution >= 4 is 21.8 Å². The second kappa shape index (κ2) is 9.44. The van der Waals surface area contributed by atoms with Crippen LogP contribution in [0, 0.1) is 11.7 Å². The Morgan fingerprint density at radius 1 is 1.20 bits per heavy atom. The first-order valence-corrected chi connectivity index (χ1v) is 11.1. The van der Waals surface area contributed by atoms with Gasteiger partial charge in [-0.25, -0.2) is 4.39 Å². The maximum absolute atomic E-state index is 13.1. The van der Waals surface area contributed by atoms with Crippen LogP contribution in [0.25, 0.3) is 0 Å². The van der Waals surface area contributed by atoms with Gasteiger partial charge in [0.1, 0.15) is 11.6 Å². The lowest BCUT2D eigenvalue weighted by molar-refractivity contribution is -0.126. The van der Waals surface area contributed by atoms with Gasteiger partial charge in [0.05, 0.1) is 18.7 Å². The molecule has 1 aliphatic heterocycles. The second-order valence-corrected chi connectivity index (χ2v) is 9.17. The van der Waals surface area contributed by atoms with E-state index >= 15 is 0 Å². The van der Waals surface area contributed by atoms with Crippen molar-refractivity contribution in [1.82, 2.24) is 9.62 Å². The van der Waals surface area contributed by atoms with E-state index in [4.69, 9.17) is 4.74 Å². The van der Waals surface area contributed by atoms with E-state index in [0.29, 0.717) is 31.6 Å². The maximum Gasteiger partial charge on any atom is 0.303 e. The molecule has 1 saturated heterocycles. The summed E-state index contributed by atoms with van der Waals surface area (Å²) in [5, 5.41) is 2.89. The van der Waals surface area contributed by atoms with E-state index in [1.807, 2.05) is 24.3 Å². The Hall–Kier alpha value is -2.65. The van der Waals surface area contributed by atoms with E-state index in [0.717, 1.165) is 15.6 Å². The van der Waals surface area contributed by atoms with E-state index in [1.165, 1.54) is 35.6 Å². The van der Waals surface area contributed by atoms with Crippen LogP contribution >= 0.6 is 0 Å². The number of amides is 1. The fraction of sp³-hybridized carbons (Fsp3) is 0.381. The number of methoxy groups -OCH3 is 1. The highest BCUT2D eigenvalue weighted by Crippen LogP contribution is 2.24. The molecule has 3 rings (SSSR count). The van der Waals surface area contributed by atoms with Crippen LogP contribution in [0.1, 0.15) is 18.4 Å². The van der Waals surface area contributed by atoms with Crippen LogP contribution in [0.5, 0.6) is 5.75 Å². The predicted molar refractivity (Wildman–Crippen MR) is 113 cm³/mol. The first-order chi connectivity index (χ1) is 14.3. The predicted octanol–water partition coefficient (Wildman–Crippen LogP) is 2.54. The lowest BCUT2D eigenvalue weighted by Gasteiger charge is -2.34. The number of hydrogen-bond donors (Lipinski definition) is 1. The minimum Gasteiger partial charge on any atom is -0.497 e. The molecule has 0 spiro atoms. The van der Waals surface area contributed by atoms with E-state index < -0.39 is 21.9 Å². The number of ether oxygens (including phenoxy) is 1. The van der Waals surface area contributed by atoms with Crippen LogP contribution in [0.4, 0.5) is 10.1 Å². The summed E-state index contributed by atoms with van der Waals surface area (Å²) in [5.41, 5.74) is 1.29. The van der Waals surface area contributed by atoms with Gasteiger partial charge in [-0.05, 0) is 54.8 Å². The molecule has 0 saturated carbocycles. The normalized spacial score (nSPS) is 17.4. The topological polar surface area (TPSA) is 79.0 Å². The second-order valence-electron chi connectivity index (χ2n) is 7.21. The number of nitrogens with zero attached hydrogens (tertiary/aromatic N) is 2. The van der Waals surface area contributed by atoms with Crippen molar-refractivity contribution in [1.29, 1.82) is 0 Å². The third-order valence-electron chi connectivity index (χ3n) is 5.24. The number of piperidine rings is 1. The Morgan fingerprint density at radius 3 is 2.50 bits per heavy atom. The van der Waals surface area contributed by atoms with Gasteiger partial charge in [0.25, 0.3) is 0 Å². The molecule has 1 atom stereocenters. The summed E-state index contributed by atoms with van der Waals surface area (Å²) in [6.45, 7) is 0.819. The van der Waals surface area contributed by atoms with Crippen LogP contribution in [0.3, 0.4) is 0 Å². The molecule has 0 unspecified atom stereocenters. The number of benzene rings is 2. The van der Waals surface area contributed by atoms with Gasteiger partial charge >= 0.3 is 10.2 Å². The molecule has 0 radical (unpaired) electrons. The van der Waals surface area contributed by atoms with Crippen molar-refractivity contribution < 1.29 is 22.3 Å². The van der Waals surface area contributed by atoms with Crippen LogP contribution < -0.4 is 14.4 Å². The molecule has 0 aromatic heterocycles. The van der Waals surface area contributed by atoms with Gasteiger partial charge in [0.15, 0.2) is 0 Å². The molecule has 2 aromatic carbocycles. The average Bonchev–Trinajstić information content (AvgIpc) is 2.78. The van der Waals surface area contributed by atoms with Crippen LogP contribution in [-0.2, 0) is 21.5 Å². The van der Waals surface area contributed by atoms with Crippen molar-refractivity contribution in [2.75, 3.05) is 31.6 Å². The summed E-state index contributed by atoms with van der Waals surface area (Å²) in [7, 11) is -0.802. The summed E-state index contributed by atoms with van der Waals surface area (Å²) in [6, 6.07) is 12.6. The summed E-state index contributed by atoms with van der Waals surface area (Å²) < 4.78 is 46.7. The average molecular weight is 436 g/mol. The van der Waals surface area contributed by atoms with Crippen LogP contribution in [0.2, 0.25) is 0 Å². The highest BCUT2D eigenvalue weighted by Gasteiger charge is 2.34. The number of carbonyl (C=O) groups is 1. The highest BCUT2D eigenvalue weighted by molar-refractivity contribution is 7.90. The summed E-state index contributed by atoms with van der Waals surface area (Å²) in [4.78, 5) is 12.6. The standard InChI is InChI=1S/C21H26FN3O4S/c1-24(19-9-7-18(22)8-10-19)30(27,28)25-13-3-4-17(15-25)21(26)23-14-16-5-11-20(29-2)12-6-16/h5-12,17H,3-4,13-15H2,1-2H3,(H,23,26)/t17-/m1/s1. The molecule has 9 heteroatoms. The lowest BCUT2D eigenvalue weighted by Crippen LogP contribution is -2.49. The number of rotatable bonds is 7. The first kappa shape index (κ1) is 22.0. The summed E-state index contributed by atoms with van der Waals surface area (Å²) in [5.74, 6) is -0.289. The van der Waals surface area contributed by atoms with Crippen LogP contribution in [0.15, 0.2) is 48.5 Å². The molecule has 1 fully saturated rings. The molecule has 2 aromatic rings. The molecule has 162 valence electrons. The monoisotopic (exact) mass is 435 g/mol. The molecular weight excluding hydrogens is 409 g/mol. The van der Waals surface area contributed by atoms with Crippen LogP contribution in [-0.4, -0.2) is 45.9 Å². The fourth-order valence-corrected chi connectivity index (χ4v) is 4.86. The molecular formula is C21H26FN3O4S. The van der Waals surface area contributed by atoms with E-state index in [9.17, 15) is 17.6 Å². The Balaban J connectivity index is 1.61. The van der Waals surface area contributed by atoms with Crippen molar-refractivity contribution in [2.24, 2.45) is 5.92 Å². The van der Waals surface area contributed by atoms with Gasteiger partial charge in [-0.15, -0.1) is 0 Å². The van der Waals surface area contributed by atoms with Gasteiger partial charge in [0, 0.05) is 26.7 Å². The fourth-order valence-electron chi connectivity index (χ4n) is 3.40. The van der Waals surface area contributed by atoms with Crippen molar-refractivity contribution in [3.63, 3.8) is 0 Å². The van der Waals surface area contributed by atoms with Gasteiger partial charge in [-0.1, -0.05) is 12.1 Å². The third-order valence-corrected chi connectivity index (χ3v) is 7.13. The number of nitrogens with one attached hydrogen (secondary N) is 1. The zero-order valence-electron chi connectivity index (χ0n) is 17.0. The minimum absolute atomic E-state index is 0.113. The van der Waals surface area contributed by atoms with Gasteiger partial charge in [-0.2, -0.15) is 12.7 Å². The smallest absolute Gasteiger partial charge is 0.303 e. The highest BCUT2D eigenvalue weighted by atomic mass is 32.2. The van der Waals surface area contributed by atoms with Gasteiger partial charge in [-0.3, -0.25) is 9.10 Å². The molecule has 1 heterocycles. The number of hydrogen-bond acceptors (Lipinski definition) is 4. The summed E-state index contributed by atoms with van der Waals surface area (Å²) in [6.07, 6.45) is 1.22. The summed E-state index contributed by atoms with van der Waals surface area (Å²) >= 11 is 0. The molecule has 1 amide bonds. The van der Waals surface area contributed by atoms with Gasteiger partial charge < -0.3 is 10.1 Å². The number of halogens is 1. The third kappa shape index (κ3) is 5.09. The van der Waals surface area contributed by atoms with E-state index in [-0.39, 0.29) is 12.5 Å². The molecule has 30 heavy (non-hydrogen) atoms. The van der Waals surface area contributed by atoms with E-state index in [2.05, 4.69) is 5.32 Å². The molecule has 1 N–H and O–H groups in total. The largest absolute Gasteiger partial charge is 0.497 e. The quantitative estimate of drug-likeness (QED) is 0.725. The molecule has 7 nitrogen and oxygen atoms in total. The van der Waals surface area contributed by atoms with Crippen molar-refractivity contribution in [2.45, 2.75) is 19.4 Å². The maximum atomic E-state index is 13.1. The van der Waals surface area contributed by atoms with Crippen molar-refractivity contribution in [3.8, 4) is 5.75 Å². The Labute approximate surface area is 176 Å². The minimum atomic E-state index is -3.82. The molecule has 1 aliphatic rings. The first-order valence-electron chi connectivity index (χ1n) is 9.71. The zero-order valence-corrected chi connectivity index (χ0v) is 17.9. The van der Waals surface area contributed by atoms with E-state index in [1.54, 1.807) is 7.11 Å². The lowest BCUT2D eigenvalue weighted by atomic mass is 9.99. The zero-order chi connectivity index (χ0) is 21.7. The van der Waals surface area contributed by atoms with Gasteiger partial charge in [0.2, 0.25) is 5.91 Å². The SMILES string of the molecule is COc1ccc(CNC(=O)[C@@H]2CCCN(S(=O)(=O)N(C)c3ccc(F)cc3)C2)cc1. The molecule has 0 aliphatic carbocycles. The number of anilines is 1. The molecule has 0 bridgehead atoms. The Bertz CT molecular complexity index is 965. The van der Waals surface area contributed by atoms with Crippen molar-refractivity contribution in [3.05, 3.63) is 59.9 Å². The Morgan fingerprint density at radius 2 is 1.87 bits per heavy atom. The Kier molecular flexibility index (Phi) is 6.94.